The molecule has 2 aromatic carbocycles. The van der Waals surface area contributed by atoms with E-state index in [0.29, 0.717) is 10.9 Å². The van der Waals surface area contributed by atoms with Gasteiger partial charge in [-0.25, -0.2) is 15.2 Å². The number of benzene rings is 2. The van der Waals surface area contributed by atoms with Crippen LogP contribution in [0.1, 0.15) is 11.3 Å². The topological polar surface area (TPSA) is 95.3 Å². The minimum absolute atomic E-state index is 0.422. The smallest absolute Gasteiger partial charge is 0.339 e. The Morgan fingerprint density at radius 2 is 1.96 bits per heavy atom. The number of furan rings is 1. The summed E-state index contributed by atoms with van der Waals surface area (Å²) in [5.41, 5.74) is 6.00. The lowest BCUT2D eigenvalue weighted by molar-refractivity contribution is 0.252. The lowest BCUT2D eigenvalue weighted by atomic mass is 10.2. The molecule has 2 aromatic heterocycles. The lowest BCUT2D eigenvalue weighted by Crippen LogP contribution is -2.24. The summed E-state index contributed by atoms with van der Waals surface area (Å²) >= 11 is 1.38. The Labute approximate surface area is 165 Å². The van der Waals surface area contributed by atoms with Crippen LogP contribution in [-0.4, -0.2) is 22.2 Å². The molecule has 0 aliphatic rings. The van der Waals surface area contributed by atoms with Crippen LogP contribution in [0.3, 0.4) is 0 Å². The highest BCUT2D eigenvalue weighted by molar-refractivity contribution is 7.99. The quantitative estimate of drug-likeness (QED) is 0.337. The van der Waals surface area contributed by atoms with Crippen molar-refractivity contribution in [2.45, 2.75) is 17.2 Å². The fraction of sp³-hybridized carbons (Fsp3) is 0.0500. The molecule has 0 atom stereocenters. The Morgan fingerprint density at radius 1 is 1.14 bits per heavy atom. The van der Waals surface area contributed by atoms with Crippen LogP contribution in [0.5, 0.6) is 0 Å². The molecule has 3 N–H and O–H groups in total. The second-order valence-corrected chi connectivity index (χ2v) is 6.95. The number of hydrazone groups is 1. The zero-order chi connectivity index (χ0) is 19.3. The van der Waals surface area contributed by atoms with E-state index in [-0.39, 0.29) is 0 Å². The number of carbonyl (C=O) groups excluding carboxylic acids is 1. The number of anilines is 1. The molecule has 2 heterocycles. The van der Waals surface area contributed by atoms with Crippen molar-refractivity contribution in [3.05, 3.63) is 72.0 Å². The second kappa shape index (κ2) is 8.01. The van der Waals surface area contributed by atoms with Gasteiger partial charge in [-0.05, 0) is 54.6 Å². The van der Waals surface area contributed by atoms with Crippen LogP contribution >= 0.6 is 11.8 Å². The first-order valence-corrected chi connectivity index (χ1v) is 9.37. The van der Waals surface area contributed by atoms with Crippen LogP contribution in [0.2, 0.25) is 0 Å². The summed E-state index contributed by atoms with van der Waals surface area (Å²) in [6.45, 7) is 1.92. The molecule has 8 heteroatoms. The van der Waals surface area contributed by atoms with Crippen LogP contribution in [0, 0.1) is 6.92 Å². The Morgan fingerprint density at radius 3 is 2.82 bits per heavy atom. The number of hydrogen-bond donors (Lipinski definition) is 3. The average Bonchev–Trinajstić information content (AvgIpc) is 3.30. The van der Waals surface area contributed by atoms with Gasteiger partial charge in [-0.2, -0.15) is 5.10 Å². The highest BCUT2D eigenvalue weighted by atomic mass is 32.2. The number of aromatic nitrogens is 2. The van der Waals surface area contributed by atoms with Gasteiger partial charge in [-0.1, -0.05) is 30.3 Å². The van der Waals surface area contributed by atoms with Crippen molar-refractivity contribution in [1.29, 1.82) is 0 Å². The molecule has 2 amide bonds. The van der Waals surface area contributed by atoms with Gasteiger partial charge in [0.15, 0.2) is 10.2 Å². The first-order chi connectivity index (χ1) is 13.7. The van der Waals surface area contributed by atoms with E-state index in [9.17, 15) is 4.79 Å². The number of hydrogen-bond acceptors (Lipinski definition) is 5. The SMILES string of the molecule is Cc1ccccc1NC(=O)N/N=C/c1ccc(Sc2nc3ccccc3[nH]2)o1. The van der Waals surface area contributed by atoms with E-state index in [1.54, 1.807) is 6.07 Å². The normalized spacial score (nSPS) is 11.2. The number of carbonyl (C=O) groups is 1. The molecule has 0 radical (unpaired) electrons. The summed E-state index contributed by atoms with van der Waals surface area (Å²) in [5.74, 6) is 0.523. The van der Waals surface area contributed by atoms with E-state index in [2.05, 4.69) is 25.8 Å². The minimum Gasteiger partial charge on any atom is -0.448 e. The summed E-state index contributed by atoms with van der Waals surface area (Å²) in [4.78, 5) is 19.6. The van der Waals surface area contributed by atoms with Gasteiger partial charge in [0.05, 0.1) is 17.2 Å². The lowest BCUT2D eigenvalue weighted by Gasteiger charge is -2.06. The van der Waals surface area contributed by atoms with E-state index in [1.165, 1.54) is 18.0 Å². The van der Waals surface area contributed by atoms with E-state index in [4.69, 9.17) is 4.42 Å². The van der Waals surface area contributed by atoms with Crippen LogP contribution in [0.15, 0.2) is 80.4 Å². The van der Waals surface area contributed by atoms with Gasteiger partial charge in [0.1, 0.15) is 5.76 Å². The molecule has 140 valence electrons. The summed E-state index contributed by atoms with van der Waals surface area (Å²) in [7, 11) is 0. The Balaban J connectivity index is 1.34. The number of nitrogens with zero attached hydrogens (tertiary/aromatic N) is 2. The molecule has 0 saturated heterocycles. The van der Waals surface area contributed by atoms with Gasteiger partial charge in [-0.3, -0.25) is 0 Å². The molecule has 7 nitrogen and oxygen atoms in total. The van der Waals surface area contributed by atoms with Gasteiger partial charge < -0.3 is 14.7 Å². The third-order valence-corrected chi connectivity index (χ3v) is 4.73. The van der Waals surface area contributed by atoms with Crippen LogP contribution in [0.25, 0.3) is 11.0 Å². The van der Waals surface area contributed by atoms with Crippen LogP contribution in [-0.2, 0) is 0 Å². The van der Waals surface area contributed by atoms with Crippen molar-refractivity contribution < 1.29 is 9.21 Å². The van der Waals surface area contributed by atoms with E-state index in [1.807, 2.05) is 61.5 Å². The summed E-state index contributed by atoms with van der Waals surface area (Å²) in [5, 5.41) is 8.06. The number of amides is 2. The maximum absolute atomic E-state index is 11.9. The predicted octanol–water partition coefficient (Wildman–Crippen LogP) is 4.77. The molecule has 0 aliphatic carbocycles. The van der Waals surface area contributed by atoms with Crippen molar-refractivity contribution in [3.8, 4) is 0 Å². The number of nitrogens with one attached hydrogen (secondary N) is 3. The van der Waals surface area contributed by atoms with Gasteiger partial charge in [0.25, 0.3) is 0 Å². The average molecular weight is 391 g/mol. The molecule has 28 heavy (non-hydrogen) atoms. The number of para-hydroxylation sites is 3. The zero-order valence-corrected chi connectivity index (χ0v) is 15.8. The molecule has 0 spiro atoms. The predicted molar refractivity (Wildman–Crippen MR) is 110 cm³/mol. The molecule has 0 unspecified atom stereocenters. The monoisotopic (exact) mass is 391 g/mol. The molecule has 0 aliphatic heterocycles. The van der Waals surface area contributed by atoms with E-state index in [0.717, 1.165) is 27.4 Å². The molecular weight excluding hydrogens is 374 g/mol. The van der Waals surface area contributed by atoms with E-state index < -0.39 is 6.03 Å². The van der Waals surface area contributed by atoms with Crippen molar-refractivity contribution in [3.63, 3.8) is 0 Å². The molecular formula is C20H17N5O2S. The summed E-state index contributed by atoms with van der Waals surface area (Å²) in [6.07, 6.45) is 1.44. The number of rotatable bonds is 5. The second-order valence-electron chi connectivity index (χ2n) is 5.96. The van der Waals surface area contributed by atoms with Crippen molar-refractivity contribution >= 4 is 40.7 Å². The first kappa shape index (κ1) is 17.9. The maximum atomic E-state index is 11.9. The number of urea groups is 1. The van der Waals surface area contributed by atoms with Gasteiger partial charge in [-0.15, -0.1) is 0 Å². The molecule has 0 fully saturated rings. The highest BCUT2D eigenvalue weighted by Gasteiger charge is 2.08. The van der Waals surface area contributed by atoms with Crippen molar-refractivity contribution in [1.82, 2.24) is 15.4 Å². The fourth-order valence-electron chi connectivity index (χ4n) is 2.55. The van der Waals surface area contributed by atoms with Gasteiger partial charge in [0.2, 0.25) is 0 Å². The molecule has 0 saturated carbocycles. The highest BCUT2D eigenvalue weighted by Crippen LogP contribution is 2.28. The molecule has 4 rings (SSSR count). The fourth-order valence-corrected chi connectivity index (χ4v) is 3.32. The maximum Gasteiger partial charge on any atom is 0.339 e. The summed E-state index contributed by atoms with van der Waals surface area (Å²) < 4.78 is 5.68. The summed E-state index contributed by atoms with van der Waals surface area (Å²) in [6, 6.07) is 18.5. The third-order valence-electron chi connectivity index (χ3n) is 3.92. The van der Waals surface area contributed by atoms with Gasteiger partial charge >= 0.3 is 6.03 Å². The van der Waals surface area contributed by atoms with Crippen LogP contribution < -0.4 is 10.7 Å². The zero-order valence-electron chi connectivity index (χ0n) is 15.0. The number of imidazole rings is 1. The Kier molecular flexibility index (Phi) is 5.11. The Hall–Kier alpha value is -3.52. The molecule has 0 bridgehead atoms. The number of H-pyrrole nitrogens is 1. The number of aryl methyl sites for hydroxylation is 1. The number of aromatic amines is 1. The number of fused-ring (bicyclic) bond motifs is 1. The Bertz CT molecular complexity index is 1120. The van der Waals surface area contributed by atoms with Gasteiger partial charge in [0, 0.05) is 5.69 Å². The first-order valence-electron chi connectivity index (χ1n) is 8.55. The van der Waals surface area contributed by atoms with Crippen molar-refractivity contribution in [2.24, 2.45) is 5.10 Å². The van der Waals surface area contributed by atoms with Crippen molar-refractivity contribution in [2.75, 3.05) is 5.32 Å². The van der Waals surface area contributed by atoms with Crippen LogP contribution in [0.4, 0.5) is 10.5 Å². The molecule has 4 aromatic rings. The minimum atomic E-state index is -0.422. The van der Waals surface area contributed by atoms with E-state index >= 15 is 0 Å². The largest absolute Gasteiger partial charge is 0.448 e. The third kappa shape index (κ3) is 4.24. The standard InChI is InChI=1S/C20H17N5O2S/c1-13-6-2-3-7-15(13)22-19(26)25-21-12-14-10-11-18(27-14)28-20-23-16-8-4-5-9-17(16)24-20/h2-12H,1H3,(H,23,24)(H2,22,25,26)/b21-12+.